The van der Waals surface area contributed by atoms with Gasteiger partial charge in [-0.15, -0.1) is 0 Å². The zero-order chi connectivity index (χ0) is 14.4. The first-order chi connectivity index (χ1) is 9.65. The van der Waals surface area contributed by atoms with Crippen molar-refractivity contribution in [1.82, 2.24) is 4.90 Å². The topological polar surface area (TPSA) is 29.5 Å². The Morgan fingerprint density at radius 2 is 2.15 bits per heavy atom. The largest absolute Gasteiger partial charge is 0.377 e. The predicted octanol–water partition coefficient (Wildman–Crippen LogP) is 3.52. The van der Waals surface area contributed by atoms with Gasteiger partial charge < -0.3 is 9.64 Å². The molecule has 1 saturated heterocycles. The Hall–Kier alpha value is -0.710. The zero-order valence-corrected chi connectivity index (χ0v) is 13.6. The Kier molecular flexibility index (Phi) is 6.20. The monoisotopic (exact) mass is 339 g/mol. The molecule has 1 aliphatic rings. The molecular formula is C16H22BrNO2. The van der Waals surface area contributed by atoms with Gasteiger partial charge in [0.05, 0.1) is 6.10 Å². The normalized spacial score (nSPS) is 20.6. The van der Waals surface area contributed by atoms with Crippen LogP contribution in [0.1, 0.15) is 36.5 Å². The Bertz CT molecular complexity index is 433. The Morgan fingerprint density at radius 3 is 2.90 bits per heavy atom. The number of ketones is 1. The number of Topliss-reactive ketones (excluding diaryl/α,β-unsaturated/α-hetero) is 1. The molecule has 0 aromatic heterocycles. The van der Waals surface area contributed by atoms with Gasteiger partial charge in [-0.1, -0.05) is 28.1 Å². The molecule has 2 rings (SSSR count). The minimum absolute atomic E-state index is 0.233. The van der Waals surface area contributed by atoms with Gasteiger partial charge in [0.1, 0.15) is 0 Å². The average Bonchev–Trinajstić information content (AvgIpc) is 2.64. The number of nitrogens with zero attached hydrogens (tertiary/aromatic N) is 1. The van der Waals surface area contributed by atoms with Crippen LogP contribution < -0.4 is 0 Å². The summed E-state index contributed by atoms with van der Waals surface area (Å²) in [6, 6.07) is 7.60. The third-order valence-corrected chi connectivity index (χ3v) is 4.11. The molecule has 0 saturated carbocycles. The van der Waals surface area contributed by atoms with Gasteiger partial charge >= 0.3 is 0 Å². The molecule has 0 amide bonds. The molecule has 110 valence electrons. The van der Waals surface area contributed by atoms with E-state index in [1.165, 1.54) is 0 Å². The van der Waals surface area contributed by atoms with Crippen LogP contribution in [0.4, 0.5) is 0 Å². The Balaban J connectivity index is 1.74. The lowest BCUT2D eigenvalue weighted by atomic mass is 10.1. The fraction of sp³-hybridized carbons (Fsp3) is 0.562. The Morgan fingerprint density at radius 1 is 1.40 bits per heavy atom. The van der Waals surface area contributed by atoms with Crippen LogP contribution in [-0.4, -0.2) is 43.0 Å². The van der Waals surface area contributed by atoms with Gasteiger partial charge in [0.2, 0.25) is 0 Å². The van der Waals surface area contributed by atoms with E-state index >= 15 is 0 Å². The van der Waals surface area contributed by atoms with Crippen LogP contribution in [0.15, 0.2) is 28.7 Å². The van der Waals surface area contributed by atoms with E-state index in [0.717, 1.165) is 49.1 Å². The number of rotatable bonds is 5. The quantitative estimate of drug-likeness (QED) is 0.768. The number of halogens is 1. The fourth-order valence-electron chi connectivity index (χ4n) is 2.53. The molecule has 1 aromatic rings. The summed E-state index contributed by atoms with van der Waals surface area (Å²) in [7, 11) is 0. The highest BCUT2D eigenvalue weighted by molar-refractivity contribution is 9.10. The van der Waals surface area contributed by atoms with Gasteiger partial charge in [-0.2, -0.15) is 0 Å². The van der Waals surface area contributed by atoms with Crippen molar-refractivity contribution in [3.8, 4) is 0 Å². The molecule has 3 nitrogen and oxygen atoms in total. The number of carbonyl (C=O) groups is 1. The number of hydrogen-bond acceptors (Lipinski definition) is 3. The van der Waals surface area contributed by atoms with Crippen LogP contribution in [-0.2, 0) is 4.74 Å². The van der Waals surface area contributed by atoms with Gasteiger partial charge in [0.15, 0.2) is 5.78 Å². The third kappa shape index (κ3) is 5.00. The zero-order valence-electron chi connectivity index (χ0n) is 12.0. The van der Waals surface area contributed by atoms with Crippen molar-refractivity contribution in [2.45, 2.75) is 32.3 Å². The van der Waals surface area contributed by atoms with Crippen molar-refractivity contribution in [1.29, 1.82) is 0 Å². The van der Waals surface area contributed by atoms with Crippen molar-refractivity contribution in [3.63, 3.8) is 0 Å². The molecule has 1 fully saturated rings. The lowest BCUT2D eigenvalue weighted by molar-refractivity contribution is 0.0674. The molecule has 4 heteroatoms. The lowest BCUT2D eigenvalue weighted by Crippen LogP contribution is -2.31. The van der Waals surface area contributed by atoms with Crippen molar-refractivity contribution in [2.24, 2.45) is 0 Å². The second-order valence-electron chi connectivity index (χ2n) is 5.37. The molecule has 1 aliphatic heterocycles. The first-order valence-corrected chi connectivity index (χ1v) is 8.07. The molecule has 1 aromatic carbocycles. The van der Waals surface area contributed by atoms with Crippen molar-refractivity contribution < 1.29 is 9.53 Å². The maximum absolute atomic E-state index is 12.1. The van der Waals surface area contributed by atoms with E-state index in [4.69, 9.17) is 4.74 Å². The van der Waals surface area contributed by atoms with E-state index < -0.39 is 0 Å². The predicted molar refractivity (Wildman–Crippen MR) is 84.2 cm³/mol. The second-order valence-corrected chi connectivity index (χ2v) is 6.28. The summed E-state index contributed by atoms with van der Waals surface area (Å²) in [4.78, 5) is 14.5. The highest BCUT2D eigenvalue weighted by Crippen LogP contribution is 2.13. The van der Waals surface area contributed by atoms with Crippen LogP contribution in [0.5, 0.6) is 0 Å². The van der Waals surface area contributed by atoms with E-state index in [-0.39, 0.29) is 5.78 Å². The summed E-state index contributed by atoms with van der Waals surface area (Å²) in [5.74, 6) is 0.233. The molecule has 0 spiro atoms. The van der Waals surface area contributed by atoms with Crippen molar-refractivity contribution >= 4 is 21.7 Å². The SMILES string of the molecule is CC1CN(CCCC(=O)c2ccc(Br)cc2)CCCO1. The van der Waals surface area contributed by atoms with Gasteiger partial charge in [-0.05, 0) is 38.4 Å². The maximum atomic E-state index is 12.1. The van der Waals surface area contributed by atoms with Gasteiger partial charge in [0.25, 0.3) is 0 Å². The number of ether oxygens (including phenoxy) is 1. The first-order valence-electron chi connectivity index (χ1n) is 7.28. The van der Waals surface area contributed by atoms with Gasteiger partial charge in [0, 0.05) is 36.2 Å². The molecule has 1 unspecified atom stereocenters. The highest BCUT2D eigenvalue weighted by atomic mass is 79.9. The number of hydrogen-bond donors (Lipinski definition) is 0. The summed E-state index contributed by atoms with van der Waals surface area (Å²) in [6.45, 7) is 6.01. The molecule has 0 radical (unpaired) electrons. The van der Waals surface area contributed by atoms with Crippen LogP contribution in [0.3, 0.4) is 0 Å². The molecular weight excluding hydrogens is 318 g/mol. The number of benzene rings is 1. The molecule has 0 N–H and O–H groups in total. The van der Waals surface area contributed by atoms with E-state index in [1.807, 2.05) is 24.3 Å². The van der Waals surface area contributed by atoms with Crippen LogP contribution in [0, 0.1) is 0 Å². The van der Waals surface area contributed by atoms with E-state index in [2.05, 4.69) is 27.8 Å². The highest BCUT2D eigenvalue weighted by Gasteiger charge is 2.15. The third-order valence-electron chi connectivity index (χ3n) is 3.58. The summed E-state index contributed by atoms with van der Waals surface area (Å²) < 4.78 is 6.63. The van der Waals surface area contributed by atoms with Crippen LogP contribution in [0.2, 0.25) is 0 Å². The van der Waals surface area contributed by atoms with Gasteiger partial charge in [-0.3, -0.25) is 4.79 Å². The van der Waals surface area contributed by atoms with E-state index in [0.29, 0.717) is 12.5 Å². The lowest BCUT2D eigenvalue weighted by Gasteiger charge is -2.21. The molecule has 0 bridgehead atoms. The van der Waals surface area contributed by atoms with Crippen LogP contribution >= 0.6 is 15.9 Å². The molecule has 0 aliphatic carbocycles. The molecule has 1 atom stereocenters. The molecule has 20 heavy (non-hydrogen) atoms. The minimum Gasteiger partial charge on any atom is -0.377 e. The second kappa shape index (κ2) is 7.91. The van der Waals surface area contributed by atoms with Crippen LogP contribution in [0.25, 0.3) is 0 Å². The van der Waals surface area contributed by atoms with Gasteiger partial charge in [-0.25, -0.2) is 0 Å². The maximum Gasteiger partial charge on any atom is 0.162 e. The minimum atomic E-state index is 0.233. The van der Waals surface area contributed by atoms with Crippen molar-refractivity contribution in [2.75, 3.05) is 26.2 Å². The standard InChI is InChI=1S/C16H22BrNO2/c1-13-12-18(10-3-11-20-13)9-2-4-16(19)14-5-7-15(17)8-6-14/h5-8,13H,2-4,9-12H2,1H3. The number of carbonyl (C=O) groups excluding carboxylic acids is 1. The Labute approximate surface area is 129 Å². The van der Waals surface area contributed by atoms with Crippen molar-refractivity contribution in [3.05, 3.63) is 34.3 Å². The summed E-state index contributed by atoms with van der Waals surface area (Å²) >= 11 is 3.38. The summed E-state index contributed by atoms with van der Waals surface area (Å²) in [5, 5.41) is 0. The summed E-state index contributed by atoms with van der Waals surface area (Å²) in [6.07, 6.45) is 2.93. The average molecular weight is 340 g/mol. The fourth-order valence-corrected chi connectivity index (χ4v) is 2.79. The molecule has 1 heterocycles. The van der Waals surface area contributed by atoms with E-state index in [9.17, 15) is 4.79 Å². The first kappa shape index (κ1) is 15.7. The smallest absolute Gasteiger partial charge is 0.162 e. The summed E-state index contributed by atoms with van der Waals surface area (Å²) in [5.41, 5.74) is 0.806. The van der Waals surface area contributed by atoms with E-state index in [1.54, 1.807) is 0 Å².